The van der Waals surface area contributed by atoms with Gasteiger partial charge in [-0.25, -0.2) is 0 Å². The van der Waals surface area contributed by atoms with Gasteiger partial charge in [0, 0.05) is 0 Å². The van der Waals surface area contributed by atoms with Gasteiger partial charge in [0.15, 0.2) is 0 Å². The molecule has 54 heavy (non-hydrogen) atoms. The zero-order chi connectivity index (χ0) is 36.3. The van der Waals surface area contributed by atoms with E-state index in [1.54, 1.807) is 0 Å². The maximum Gasteiger partial charge on any atom is 0.0971 e. The molecule has 0 aromatic heterocycles. The van der Waals surface area contributed by atoms with E-state index in [9.17, 15) is 0 Å². The molecule has 0 amide bonds. The maximum absolute atomic E-state index is 4.76. The van der Waals surface area contributed by atoms with Gasteiger partial charge in [-0.2, -0.15) is 0 Å². The van der Waals surface area contributed by atoms with Gasteiger partial charge >= 0.3 is 0 Å². The average Bonchev–Trinajstić information content (AvgIpc) is 3.28. The number of nitrogens with one attached hydrogen (secondary N) is 2. The van der Waals surface area contributed by atoms with Crippen molar-refractivity contribution >= 4 is 0 Å². The highest BCUT2D eigenvalue weighted by Gasteiger charge is 2.71. The first-order valence-electron chi connectivity index (χ1n) is 18.8. The third kappa shape index (κ3) is 4.95. The van der Waals surface area contributed by atoms with Crippen molar-refractivity contribution in [1.29, 1.82) is 0 Å². The summed E-state index contributed by atoms with van der Waals surface area (Å²) in [5.41, 5.74) is 5.45. The van der Waals surface area contributed by atoms with Crippen LogP contribution in [0.25, 0.3) is 0 Å². The van der Waals surface area contributed by atoms with Gasteiger partial charge in [0.25, 0.3) is 0 Å². The van der Waals surface area contributed by atoms with Gasteiger partial charge in [0.05, 0.1) is 22.2 Å². The molecule has 1 saturated heterocycles. The molecule has 2 N–H and O–H groups in total. The number of rotatable bonds is 8. The lowest BCUT2D eigenvalue weighted by atomic mass is 9.51. The Hall–Kier alpha value is -6.32. The van der Waals surface area contributed by atoms with Crippen LogP contribution in [-0.2, 0) is 22.2 Å². The second-order valence-corrected chi connectivity index (χ2v) is 14.2. The molecule has 1 fully saturated rings. The summed E-state index contributed by atoms with van der Waals surface area (Å²) in [5.74, 6) is 0. The van der Waals surface area contributed by atoms with Crippen molar-refractivity contribution in [2.45, 2.75) is 22.2 Å². The Bertz CT molecular complexity index is 1890. The summed E-state index contributed by atoms with van der Waals surface area (Å²) in [6, 6.07) is 88.4. The minimum atomic E-state index is -0.920. The molecule has 2 nitrogen and oxygen atoms in total. The van der Waals surface area contributed by atoms with Crippen molar-refractivity contribution in [3.8, 4) is 0 Å². The smallest absolute Gasteiger partial charge is 0.0971 e. The van der Waals surface area contributed by atoms with Gasteiger partial charge in [0.2, 0.25) is 0 Å². The summed E-state index contributed by atoms with van der Waals surface area (Å²) < 4.78 is 0. The number of piperazine rings is 1. The van der Waals surface area contributed by atoms with Crippen LogP contribution in [0.1, 0.15) is 44.5 Å². The molecule has 0 aliphatic carbocycles. The molecule has 0 saturated carbocycles. The quantitative estimate of drug-likeness (QED) is 0.165. The van der Waals surface area contributed by atoms with Crippen molar-refractivity contribution in [1.82, 2.24) is 10.6 Å². The van der Waals surface area contributed by atoms with Gasteiger partial charge in [-0.05, 0) is 44.5 Å². The lowest BCUT2D eigenvalue weighted by Crippen LogP contribution is -2.84. The summed E-state index contributed by atoms with van der Waals surface area (Å²) in [4.78, 5) is 0. The molecule has 2 heteroatoms. The van der Waals surface area contributed by atoms with Crippen LogP contribution in [-0.4, -0.2) is 0 Å². The van der Waals surface area contributed by atoms with E-state index in [1.807, 2.05) is 0 Å². The molecule has 0 atom stereocenters. The average molecular weight is 695 g/mol. The van der Waals surface area contributed by atoms with Crippen molar-refractivity contribution < 1.29 is 0 Å². The van der Waals surface area contributed by atoms with Crippen LogP contribution in [0.15, 0.2) is 243 Å². The van der Waals surface area contributed by atoms with Crippen LogP contribution in [0.4, 0.5) is 0 Å². The second kappa shape index (κ2) is 13.9. The molecule has 9 rings (SSSR count). The van der Waals surface area contributed by atoms with E-state index < -0.39 is 22.2 Å². The van der Waals surface area contributed by atoms with E-state index in [-0.39, 0.29) is 0 Å². The number of benzene rings is 8. The van der Waals surface area contributed by atoms with Gasteiger partial charge in [-0.3, -0.25) is 10.6 Å². The van der Waals surface area contributed by atoms with Crippen LogP contribution in [0.2, 0.25) is 0 Å². The third-order valence-corrected chi connectivity index (χ3v) is 11.5. The second-order valence-electron chi connectivity index (χ2n) is 14.2. The minimum Gasteiger partial charge on any atom is -0.286 e. The van der Waals surface area contributed by atoms with E-state index in [0.717, 1.165) is 44.5 Å². The molecule has 8 aromatic carbocycles. The fraction of sp³-hybridized carbons (Fsp3) is 0.0769. The van der Waals surface area contributed by atoms with Crippen LogP contribution in [0.3, 0.4) is 0 Å². The van der Waals surface area contributed by atoms with E-state index in [1.165, 1.54) is 0 Å². The fourth-order valence-electron chi connectivity index (χ4n) is 9.42. The molecule has 1 heterocycles. The highest BCUT2D eigenvalue weighted by molar-refractivity contribution is 5.64. The zero-order valence-electron chi connectivity index (χ0n) is 30.1. The van der Waals surface area contributed by atoms with Gasteiger partial charge in [0.1, 0.15) is 0 Å². The molecule has 0 unspecified atom stereocenters. The summed E-state index contributed by atoms with van der Waals surface area (Å²) in [6.45, 7) is 0. The van der Waals surface area contributed by atoms with Crippen LogP contribution in [0, 0.1) is 0 Å². The van der Waals surface area contributed by atoms with Crippen molar-refractivity contribution in [3.63, 3.8) is 0 Å². The zero-order valence-corrected chi connectivity index (χ0v) is 30.1. The van der Waals surface area contributed by atoms with Crippen LogP contribution < -0.4 is 10.6 Å². The Morgan fingerprint density at radius 1 is 0.167 bits per heavy atom. The predicted molar refractivity (Wildman–Crippen MR) is 221 cm³/mol. The normalized spacial score (nSPS) is 16.6. The molecular weight excluding hydrogens is 653 g/mol. The topological polar surface area (TPSA) is 24.1 Å². The maximum atomic E-state index is 4.76. The highest BCUT2D eigenvalue weighted by atomic mass is 15.3. The molecule has 0 bridgehead atoms. The van der Waals surface area contributed by atoms with Crippen molar-refractivity contribution in [2.24, 2.45) is 0 Å². The summed E-state index contributed by atoms with van der Waals surface area (Å²) in [5, 5.41) is 9.52. The summed E-state index contributed by atoms with van der Waals surface area (Å²) >= 11 is 0. The summed E-state index contributed by atoms with van der Waals surface area (Å²) in [7, 11) is 0. The number of hydrogen-bond acceptors (Lipinski definition) is 2. The Balaban J connectivity index is 1.59. The molecule has 1 aliphatic heterocycles. The molecule has 8 aromatic rings. The molecule has 1 aliphatic rings. The SMILES string of the molecule is c1ccc(C2(c3ccccc3)NC(c3ccccc3)(c3ccccc3)C(c3ccccc3)(c3ccccc3)NC2(c2ccccc2)c2ccccc2)cc1. The largest absolute Gasteiger partial charge is 0.286 e. The van der Waals surface area contributed by atoms with Gasteiger partial charge < -0.3 is 0 Å². The van der Waals surface area contributed by atoms with E-state index in [2.05, 4.69) is 243 Å². The van der Waals surface area contributed by atoms with Gasteiger partial charge in [-0.1, -0.05) is 243 Å². The van der Waals surface area contributed by atoms with Crippen LogP contribution >= 0.6 is 0 Å². The Morgan fingerprint density at radius 2 is 0.278 bits per heavy atom. The van der Waals surface area contributed by atoms with E-state index >= 15 is 0 Å². The van der Waals surface area contributed by atoms with Crippen LogP contribution in [0.5, 0.6) is 0 Å². The molecule has 0 spiro atoms. The lowest BCUT2D eigenvalue weighted by molar-refractivity contribution is 0.00567. The first-order chi connectivity index (χ1) is 26.8. The van der Waals surface area contributed by atoms with Crippen molar-refractivity contribution in [2.75, 3.05) is 0 Å². The van der Waals surface area contributed by atoms with E-state index in [4.69, 9.17) is 10.6 Å². The standard InChI is InChI=1S/C52H42N2/c1-9-25-41(26-10-1)49(42-27-11-2-12-28-42)50(43-29-13-3-14-30-43,44-31-15-4-16-32-44)54-52(47-37-21-7-22-38-47,48-39-23-8-24-40-48)51(53-49,45-33-17-5-18-34-45)46-35-19-6-20-36-46/h1-40,53-54H. The Morgan fingerprint density at radius 3 is 0.389 bits per heavy atom. The highest BCUT2D eigenvalue weighted by Crippen LogP contribution is 2.63. The first-order valence-corrected chi connectivity index (χ1v) is 18.8. The molecular formula is C52H42N2. The Kier molecular flexibility index (Phi) is 8.63. The molecule has 260 valence electrons. The van der Waals surface area contributed by atoms with Gasteiger partial charge in [-0.15, -0.1) is 0 Å². The predicted octanol–water partition coefficient (Wildman–Crippen LogP) is 11.0. The minimum absolute atomic E-state index is 0.920. The van der Waals surface area contributed by atoms with E-state index in [0.29, 0.717) is 0 Å². The third-order valence-electron chi connectivity index (χ3n) is 11.5. The lowest BCUT2D eigenvalue weighted by Gasteiger charge is -2.69. The summed E-state index contributed by atoms with van der Waals surface area (Å²) in [6.07, 6.45) is 0. The molecule has 0 radical (unpaired) electrons. The Labute approximate surface area is 318 Å². The number of hydrogen-bond donors (Lipinski definition) is 2. The monoisotopic (exact) mass is 694 g/mol. The fourth-order valence-corrected chi connectivity index (χ4v) is 9.42. The first kappa shape index (κ1) is 33.5. The van der Waals surface area contributed by atoms with Crippen molar-refractivity contribution in [3.05, 3.63) is 287 Å².